The molecule has 88 valence electrons. The molecule has 0 saturated carbocycles. The molecule has 15 heavy (non-hydrogen) atoms. The first-order valence-electron chi connectivity index (χ1n) is 6.39. The number of hydrogen-bond acceptors (Lipinski definition) is 3. The minimum Gasteiger partial charge on any atom is -0.359 e. The lowest BCUT2D eigenvalue weighted by Gasteiger charge is -2.32. The molecule has 0 aromatic heterocycles. The second-order valence-electron chi connectivity index (χ2n) is 4.96. The van der Waals surface area contributed by atoms with Crippen molar-refractivity contribution in [1.82, 2.24) is 10.2 Å². The fourth-order valence-corrected chi connectivity index (χ4v) is 2.65. The van der Waals surface area contributed by atoms with Crippen LogP contribution in [0.5, 0.6) is 0 Å². The van der Waals surface area contributed by atoms with Gasteiger partial charge in [0.15, 0.2) is 0 Å². The summed E-state index contributed by atoms with van der Waals surface area (Å²) in [4.78, 5) is 2.54. The molecular formula is C12H24N2O. The third-order valence-corrected chi connectivity index (χ3v) is 3.73. The van der Waals surface area contributed by atoms with Gasteiger partial charge in [-0.2, -0.15) is 0 Å². The highest BCUT2D eigenvalue weighted by Crippen LogP contribution is 2.23. The average molecular weight is 212 g/mol. The first-order valence-corrected chi connectivity index (χ1v) is 6.39. The predicted molar refractivity (Wildman–Crippen MR) is 61.8 cm³/mol. The molecule has 2 rings (SSSR count). The zero-order chi connectivity index (χ0) is 10.7. The standard InChI is InChI=1S/C12H24N2O/c1-3-14-6-4-11(5-7-14)8-12-13-9-10(2)15-12/h10-13H,3-9H2,1-2H3. The van der Waals surface area contributed by atoms with E-state index in [2.05, 4.69) is 24.1 Å². The summed E-state index contributed by atoms with van der Waals surface area (Å²) < 4.78 is 5.79. The number of rotatable bonds is 3. The van der Waals surface area contributed by atoms with Crippen molar-refractivity contribution in [2.24, 2.45) is 5.92 Å². The molecule has 2 fully saturated rings. The Morgan fingerprint density at radius 1 is 1.33 bits per heavy atom. The van der Waals surface area contributed by atoms with Crippen molar-refractivity contribution in [3.05, 3.63) is 0 Å². The molecule has 2 aliphatic heterocycles. The van der Waals surface area contributed by atoms with E-state index >= 15 is 0 Å². The number of piperidine rings is 1. The number of ether oxygens (including phenoxy) is 1. The van der Waals surface area contributed by atoms with Crippen molar-refractivity contribution in [2.45, 2.75) is 45.4 Å². The topological polar surface area (TPSA) is 24.5 Å². The van der Waals surface area contributed by atoms with Crippen molar-refractivity contribution in [3.8, 4) is 0 Å². The molecule has 2 aliphatic rings. The minimum absolute atomic E-state index is 0.332. The van der Waals surface area contributed by atoms with E-state index in [1.54, 1.807) is 0 Å². The summed E-state index contributed by atoms with van der Waals surface area (Å²) in [6, 6.07) is 0. The van der Waals surface area contributed by atoms with Gasteiger partial charge in [0, 0.05) is 6.54 Å². The van der Waals surface area contributed by atoms with Crippen LogP contribution in [0.4, 0.5) is 0 Å². The summed E-state index contributed by atoms with van der Waals surface area (Å²) in [7, 11) is 0. The summed E-state index contributed by atoms with van der Waals surface area (Å²) in [5.74, 6) is 0.871. The van der Waals surface area contributed by atoms with E-state index in [0.29, 0.717) is 12.3 Å². The first-order chi connectivity index (χ1) is 7.28. The van der Waals surface area contributed by atoms with Crippen molar-refractivity contribution < 1.29 is 4.74 Å². The fourth-order valence-electron chi connectivity index (χ4n) is 2.65. The van der Waals surface area contributed by atoms with E-state index < -0.39 is 0 Å². The van der Waals surface area contributed by atoms with Gasteiger partial charge in [0.1, 0.15) is 6.23 Å². The van der Waals surface area contributed by atoms with Crippen molar-refractivity contribution in [3.63, 3.8) is 0 Å². The van der Waals surface area contributed by atoms with Gasteiger partial charge in [0.25, 0.3) is 0 Å². The smallest absolute Gasteiger partial charge is 0.108 e. The van der Waals surface area contributed by atoms with Crippen LogP contribution in [0.3, 0.4) is 0 Å². The van der Waals surface area contributed by atoms with Gasteiger partial charge < -0.3 is 9.64 Å². The maximum Gasteiger partial charge on any atom is 0.108 e. The molecule has 1 N–H and O–H groups in total. The van der Waals surface area contributed by atoms with Gasteiger partial charge in [-0.15, -0.1) is 0 Å². The van der Waals surface area contributed by atoms with E-state index in [0.717, 1.165) is 12.5 Å². The van der Waals surface area contributed by atoms with Gasteiger partial charge >= 0.3 is 0 Å². The van der Waals surface area contributed by atoms with Crippen molar-refractivity contribution >= 4 is 0 Å². The average Bonchev–Trinajstić information content (AvgIpc) is 2.65. The lowest BCUT2D eigenvalue weighted by molar-refractivity contribution is 0.0274. The molecule has 3 nitrogen and oxygen atoms in total. The van der Waals surface area contributed by atoms with Crippen LogP contribution >= 0.6 is 0 Å². The first kappa shape index (κ1) is 11.4. The second kappa shape index (κ2) is 5.28. The number of likely N-dealkylation sites (tertiary alicyclic amines) is 1. The summed E-state index contributed by atoms with van der Waals surface area (Å²) in [6.45, 7) is 9.20. The van der Waals surface area contributed by atoms with Crippen LogP contribution in [0.1, 0.15) is 33.1 Å². The molecule has 0 radical (unpaired) electrons. The lowest BCUT2D eigenvalue weighted by Crippen LogP contribution is -2.36. The van der Waals surface area contributed by atoms with Crippen LogP contribution in [0, 0.1) is 5.92 Å². The third kappa shape index (κ3) is 3.16. The molecule has 2 heterocycles. The van der Waals surface area contributed by atoms with Crippen LogP contribution in [0.15, 0.2) is 0 Å². The van der Waals surface area contributed by atoms with Crippen LogP contribution < -0.4 is 5.32 Å². The molecule has 0 spiro atoms. The van der Waals surface area contributed by atoms with Crippen molar-refractivity contribution in [2.75, 3.05) is 26.2 Å². The fraction of sp³-hybridized carbons (Fsp3) is 1.00. The van der Waals surface area contributed by atoms with Crippen LogP contribution in [-0.2, 0) is 4.74 Å². The zero-order valence-corrected chi connectivity index (χ0v) is 10.0. The predicted octanol–water partition coefficient (Wildman–Crippen LogP) is 1.44. The maximum absolute atomic E-state index is 5.79. The van der Waals surface area contributed by atoms with Crippen LogP contribution in [0.25, 0.3) is 0 Å². The Balaban J connectivity index is 1.68. The molecule has 0 aliphatic carbocycles. The SMILES string of the molecule is CCN1CCC(CC2NCC(C)O2)CC1. The highest BCUT2D eigenvalue weighted by Gasteiger charge is 2.26. The Labute approximate surface area is 93.2 Å². The highest BCUT2D eigenvalue weighted by atomic mass is 16.5. The molecule has 0 aromatic carbocycles. The molecule has 0 amide bonds. The number of hydrogen-bond donors (Lipinski definition) is 1. The summed E-state index contributed by atoms with van der Waals surface area (Å²) in [5, 5.41) is 3.44. The molecular weight excluding hydrogens is 188 g/mol. The normalized spacial score (nSPS) is 34.8. The number of nitrogens with zero attached hydrogens (tertiary/aromatic N) is 1. The Morgan fingerprint density at radius 3 is 2.60 bits per heavy atom. The van der Waals surface area contributed by atoms with Crippen LogP contribution in [-0.4, -0.2) is 43.4 Å². The lowest BCUT2D eigenvalue weighted by atomic mass is 9.93. The van der Waals surface area contributed by atoms with Crippen molar-refractivity contribution in [1.29, 1.82) is 0 Å². The molecule has 2 saturated heterocycles. The van der Waals surface area contributed by atoms with Crippen LogP contribution in [0.2, 0.25) is 0 Å². The van der Waals surface area contributed by atoms with E-state index in [1.807, 2.05) is 0 Å². The van der Waals surface area contributed by atoms with E-state index in [-0.39, 0.29) is 0 Å². The minimum atomic E-state index is 0.332. The van der Waals surface area contributed by atoms with E-state index in [4.69, 9.17) is 4.74 Å². The zero-order valence-electron chi connectivity index (χ0n) is 10.0. The van der Waals surface area contributed by atoms with Gasteiger partial charge in [-0.1, -0.05) is 6.92 Å². The molecule has 2 atom stereocenters. The maximum atomic E-state index is 5.79. The molecule has 3 heteroatoms. The Kier molecular flexibility index (Phi) is 4.00. The van der Waals surface area contributed by atoms with Gasteiger partial charge in [-0.25, -0.2) is 0 Å². The van der Waals surface area contributed by atoms with Gasteiger partial charge in [0.05, 0.1) is 6.10 Å². The quantitative estimate of drug-likeness (QED) is 0.766. The van der Waals surface area contributed by atoms with E-state index in [1.165, 1.54) is 38.9 Å². The monoisotopic (exact) mass is 212 g/mol. The Hall–Kier alpha value is -0.120. The molecule has 2 unspecified atom stereocenters. The van der Waals surface area contributed by atoms with Gasteiger partial charge in [-0.05, 0) is 51.7 Å². The van der Waals surface area contributed by atoms with Gasteiger partial charge in [-0.3, -0.25) is 5.32 Å². The van der Waals surface area contributed by atoms with Gasteiger partial charge in [0.2, 0.25) is 0 Å². The Morgan fingerprint density at radius 2 is 2.07 bits per heavy atom. The largest absolute Gasteiger partial charge is 0.359 e. The molecule has 0 bridgehead atoms. The molecule has 0 aromatic rings. The summed E-state index contributed by atoms with van der Waals surface area (Å²) in [6.07, 6.45) is 4.65. The van der Waals surface area contributed by atoms with E-state index in [9.17, 15) is 0 Å². The number of nitrogens with one attached hydrogen (secondary N) is 1. The second-order valence-corrected chi connectivity index (χ2v) is 4.96. The highest BCUT2D eigenvalue weighted by molar-refractivity contribution is 4.77. The summed E-state index contributed by atoms with van der Waals surface area (Å²) in [5.41, 5.74) is 0. The third-order valence-electron chi connectivity index (χ3n) is 3.73. The summed E-state index contributed by atoms with van der Waals surface area (Å²) >= 11 is 0. The Bertz CT molecular complexity index is 190.